The van der Waals surface area contributed by atoms with Gasteiger partial charge in [-0.05, 0) is 38.5 Å². The molecule has 0 bridgehead atoms. The van der Waals surface area contributed by atoms with E-state index in [9.17, 15) is 0 Å². The molecule has 2 atom stereocenters. The van der Waals surface area contributed by atoms with Crippen molar-refractivity contribution in [2.45, 2.75) is 32.9 Å². The van der Waals surface area contributed by atoms with Crippen molar-refractivity contribution in [3.63, 3.8) is 0 Å². The van der Waals surface area contributed by atoms with Crippen LogP contribution in [0.25, 0.3) is 0 Å². The molecule has 0 saturated heterocycles. The van der Waals surface area contributed by atoms with Gasteiger partial charge >= 0.3 is 0 Å². The van der Waals surface area contributed by atoms with Gasteiger partial charge < -0.3 is 10.1 Å². The maximum Gasteiger partial charge on any atom is 0.119 e. The van der Waals surface area contributed by atoms with E-state index in [4.69, 9.17) is 4.74 Å². The molecular weight excluding hydrogens is 250 g/mol. The molecule has 106 valence electrons. The van der Waals surface area contributed by atoms with Gasteiger partial charge in [0.1, 0.15) is 5.75 Å². The molecule has 1 N–H and O–H groups in total. The van der Waals surface area contributed by atoms with Gasteiger partial charge in [-0.3, -0.25) is 9.97 Å². The zero-order chi connectivity index (χ0) is 14.4. The molecule has 0 aliphatic rings. The summed E-state index contributed by atoms with van der Waals surface area (Å²) < 4.78 is 5.45. The molecule has 2 rings (SSSR count). The smallest absolute Gasteiger partial charge is 0.119 e. The average Bonchev–Trinajstić information content (AvgIpc) is 2.49. The zero-order valence-electron chi connectivity index (χ0n) is 12.2. The van der Waals surface area contributed by atoms with Crippen molar-refractivity contribution in [2.24, 2.45) is 0 Å². The van der Waals surface area contributed by atoms with Gasteiger partial charge in [-0.25, -0.2) is 0 Å². The Hall–Kier alpha value is -1.94. The summed E-state index contributed by atoms with van der Waals surface area (Å²) in [6.07, 6.45) is 5.20. The number of hydrogen-bond donors (Lipinski definition) is 1. The van der Waals surface area contributed by atoms with Crippen molar-refractivity contribution in [3.05, 3.63) is 54.1 Å². The van der Waals surface area contributed by atoms with Gasteiger partial charge in [0.25, 0.3) is 0 Å². The van der Waals surface area contributed by atoms with Crippen LogP contribution in [-0.2, 0) is 0 Å². The molecule has 0 saturated carbocycles. The highest BCUT2D eigenvalue weighted by Crippen LogP contribution is 2.20. The zero-order valence-corrected chi connectivity index (χ0v) is 12.2. The van der Waals surface area contributed by atoms with E-state index in [-0.39, 0.29) is 12.1 Å². The molecule has 0 spiro atoms. The second-order valence-corrected chi connectivity index (χ2v) is 4.74. The first-order chi connectivity index (χ1) is 9.70. The SMILES string of the molecule is CCOc1ccc(C(C)NC(C)c2cnccn2)cc1. The Balaban J connectivity index is 1.99. The average molecular weight is 271 g/mol. The summed E-state index contributed by atoms with van der Waals surface area (Å²) in [5, 5.41) is 3.52. The van der Waals surface area contributed by atoms with E-state index >= 15 is 0 Å². The molecule has 0 amide bonds. The molecule has 2 unspecified atom stereocenters. The molecular formula is C16H21N3O. The Morgan fingerprint density at radius 3 is 2.45 bits per heavy atom. The highest BCUT2D eigenvalue weighted by molar-refractivity contribution is 5.29. The predicted octanol–water partition coefficient (Wildman–Crippen LogP) is 3.29. The summed E-state index contributed by atoms with van der Waals surface area (Å²) in [6, 6.07) is 8.58. The maximum absolute atomic E-state index is 5.45. The van der Waals surface area contributed by atoms with Crippen LogP contribution < -0.4 is 10.1 Å². The second kappa shape index (κ2) is 7.01. The number of rotatable bonds is 6. The van der Waals surface area contributed by atoms with Gasteiger partial charge in [-0.1, -0.05) is 12.1 Å². The number of benzene rings is 1. The highest BCUT2D eigenvalue weighted by Gasteiger charge is 2.12. The third-order valence-corrected chi connectivity index (χ3v) is 3.22. The monoisotopic (exact) mass is 271 g/mol. The van der Waals surface area contributed by atoms with Gasteiger partial charge in [0, 0.05) is 30.7 Å². The number of ether oxygens (including phenoxy) is 1. The fourth-order valence-electron chi connectivity index (χ4n) is 2.11. The molecule has 0 aliphatic carbocycles. The summed E-state index contributed by atoms with van der Waals surface area (Å²) in [4.78, 5) is 8.42. The van der Waals surface area contributed by atoms with Crippen LogP contribution in [0.4, 0.5) is 0 Å². The van der Waals surface area contributed by atoms with Crippen molar-refractivity contribution in [1.29, 1.82) is 0 Å². The van der Waals surface area contributed by atoms with Crippen LogP contribution in [0.15, 0.2) is 42.9 Å². The quantitative estimate of drug-likeness (QED) is 0.875. The van der Waals surface area contributed by atoms with Crippen LogP contribution in [-0.4, -0.2) is 16.6 Å². The van der Waals surface area contributed by atoms with Crippen molar-refractivity contribution in [3.8, 4) is 5.75 Å². The Morgan fingerprint density at radius 1 is 1.10 bits per heavy atom. The topological polar surface area (TPSA) is 47.0 Å². The molecule has 0 aliphatic heterocycles. The summed E-state index contributed by atoms with van der Waals surface area (Å²) in [5.41, 5.74) is 2.18. The van der Waals surface area contributed by atoms with Gasteiger partial charge in [0.2, 0.25) is 0 Å². The first kappa shape index (κ1) is 14.5. The van der Waals surface area contributed by atoms with Crippen LogP contribution in [0.1, 0.15) is 44.1 Å². The first-order valence-electron chi connectivity index (χ1n) is 6.95. The Bertz CT molecular complexity index is 513. The number of nitrogens with one attached hydrogen (secondary N) is 1. The minimum atomic E-state index is 0.158. The summed E-state index contributed by atoms with van der Waals surface area (Å²) in [6.45, 7) is 6.91. The minimum absolute atomic E-state index is 0.158. The van der Waals surface area contributed by atoms with Crippen molar-refractivity contribution in [2.75, 3.05) is 6.61 Å². The summed E-state index contributed by atoms with van der Waals surface area (Å²) >= 11 is 0. The molecule has 2 aromatic rings. The fraction of sp³-hybridized carbons (Fsp3) is 0.375. The maximum atomic E-state index is 5.45. The van der Waals surface area contributed by atoms with Gasteiger partial charge in [-0.2, -0.15) is 0 Å². The molecule has 0 fully saturated rings. The van der Waals surface area contributed by atoms with E-state index in [1.165, 1.54) is 5.56 Å². The predicted molar refractivity (Wildman–Crippen MR) is 79.6 cm³/mol. The molecule has 1 aromatic carbocycles. The Labute approximate surface area is 120 Å². The molecule has 4 nitrogen and oxygen atoms in total. The summed E-state index contributed by atoms with van der Waals surface area (Å²) in [7, 11) is 0. The molecule has 20 heavy (non-hydrogen) atoms. The lowest BCUT2D eigenvalue weighted by Gasteiger charge is -2.20. The van der Waals surface area contributed by atoms with Crippen molar-refractivity contribution >= 4 is 0 Å². The minimum Gasteiger partial charge on any atom is -0.494 e. The van der Waals surface area contributed by atoms with Crippen LogP contribution in [0.2, 0.25) is 0 Å². The molecule has 4 heteroatoms. The second-order valence-electron chi connectivity index (χ2n) is 4.74. The van der Waals surface area contributed by atoms with Gasteiger partial charge in [-0.15, -0.1) is 0 Å². The van der Waals surface area contributed by atoms with E-state index in [2.05, 4.69) is 41.3 Å². The number of hydrogen-bond acceptors (Lipinski definition) is 4. The fourth-order valence-corrected chi connectivity index (χ4v) is 2.11. The van der Waals surface area contributed by atoms with Crippen LogP contribution in [0, 0.1) is 0 Å². The molecule has 1 aromatic heterocycles. The number of aromatic nitrogens is 2. The molecule has 1 heterocycles. The highest BCUT2D eigenvalue weighted by atomic mass is 16.5. The molecule has 0 radical (unpaired) electrons. The third kappa shape index (κ3) is 3.78. The van der Waals surface area contributed by atoms with Gasteiger partial charge in [0.05, 0.1) is 12.3 Å². The van der Waals surface area contributed by atoms with Gasteiger partial charge in [0.15, 0.2) is 0 Å². The largest absolute Gasteiger partial charge is 0.494 e. The van der Waals surface area contributed by atoms with Crippen LogP contribution in [0.3, 0.4) is 0 Å². The van der Waals surface area contributed by atoms with E-state index in [1.54, 1.807) is 18.6 Å². The van der Waals surface area contributed by atoms with E-state index in [1.807, 2.05) is 19.1 Å². The van der Waals surface area contributed by atoms with E-state index in [0.29, 0.717) is 6.61 Å². The standard InChI is InChI=1S/C16H21N3O/c1-4-20-15-7-5-14(6-8-15)12(2)19-13(3)16-11-17-9-10-18-16/h5-13,19H,4H2,1-3H3. The Morgan fingerprint density at radius 2 is 1.85 bits per heavy atom. The van der Waals surface area contributed by atoms with E-state index in [0.717, 1.165) is 11.4 Å². The summed E-state index contributed by atoms with van der Waals surface area (Å²) in [5.74, 6) is 0.908. The van der Waals surface area contributed by atoms with Crippen molar-refractivity contribution in [1.82, 2.24) is 15.3 Å². The van der Waals surface area contributed by atoms with E-state index < -0.39 is 0 Å². The van der Waals surface area contributed by atoms with Crippen molar-refractivity contribution < 1.29 is 4.74 Å². The lowest BCUT2D eigenvalue weighted by Crippen LogP contribution is -2.23. The lowest BCUT2D eigenvalue weighted by atomic mass is 10.1. The van der Waals surface area contributed by atoms with Crippen LogP contribution >= 0.6 is 0 Å². The number of nitrogens with zero attached hydrogens (tertiary/aromatic N) is 2. The third-order valence-electron chi connectivity index (χ3n) is 3.22. The first-order valence-corrected chi connectivity index (χ1v) is 6.95. The Kier molecular flexibility index (Phi) is 5.07. The lowest BCUT2D eigenvalue weighted by molar-refractivity contribution is 0.340. The normalized spacial score (nSPS) is 13.8. The van der Waals surface area contributed by atoms with Crippen LogP contribution in [0.5, 0.6) is 5.75 Å².